The summed E-state index contributed by atoms with van der Waals surface area (Å²) < 4.78 is 4.67. The Balaban J connectivity index is 2.11. The molecule has 4 nitrogen and oxygen atoms in total. The molecule has 2 aliphatic rings. The van der Waals surface area contributed by atoms with Crippen LogP contribution >= 0.6 is 0 Å². The number of carbonyl (C=O) groups is 2. The fourth-order valence-electron chi connectivity index (χ4n) is 2.17. The van der Waals surface area contributed by atoms with Gasteiger partial charge in [-0.2, -0.15) is 0 Å². The highest BCUT2D eigenvalue weighted by Gasteiger charge is 2.50. The molecule has 14 heavy (non-hydrogen) atoms. The van der Waals surface area contributed by atoms with E-state index in [-0.39, 0.29) is 29.6 Å². The Bertz CT molecular complexity index is 310. The predicted molar refractivity (Wildman–Crippen MR) is 49.0 cm³/mol. The van der Waals surface area contributed by atoms with Crippen LogP contribution in [0.15, 0.2) is 12.3 Å². The molecule has 0 aromatic heterocycles. The number of rotatable bonds is 1. The van der Waals surface area contributed by atoms with E-state index in [0.717, 1.165) is 0 Å². The summed E-state index contributed by atoms with van der Waals surface area (Å²) in [7, 11) is 3.12. The van der Waals surface area contributed by atoms with Gasteiger partial charge in [-0.15, -0.1) is 0 Å². The zero-order valence-corrected chi connectivity index (χ0v) is 8.27. The van der Waals surface area contributed by atoms with Crippen LogP contribution in [0, 0.1) is 17.8 Å². The maximum atomic E-state index is 11.6. The van der Waals surface area contributed by atoms with Crippen LogP contribution in [0.3, 0.4) is 0 Å². The molecule has 0 aromatic rings. The molecule has 0 bridgehead atoms. The van der Waals surface area contributed by atoms with Gasteiger partial charge < -0.3 is 9.64 Å². The number of nitrogens with zero attached hydrogens (tertiary/aromatic N) is 1. The number of amides is 1. The molecule has 0 saturated heterocycles. The van der Waals surface area contributed by atoms with Crippen LogP contribution in [0.2, 0.25) is 0 Å². The van der Waals surface area contributed by atoms with Crippen LogP contribution in [-0.4, -0.2) is 30.9 Å². The molecule has 4 heteroatoms. The fraction of sp³-hybridized carbons (Fsp3) is 0.600. The third-order valence-electron chi connectivity index (χ3n) is 3.14. The van der Waals surface area contributed by atoms with Gasteiger partial charge in [0.05, 0.1) is 13.0 Å². The van der Waals surface area contributed by atoms with Gasteiger partial charge in [-0.3, -0.25) is 9.59 Å². The SMILES string of the molecule is COC(=O)[C@@H]1C[C@@H]2C(=O)N(C)C=C[C@@H]21. The second kappa shape index (κ2) is 3.12. The third-order valence-corrected chi connectivity index (χ3v) is 3.14. The van der Waals surface area contributed by atoms with Crippen LogP contribution < -0.4 is 0 Å². The number of fused-ring (bicyclic) bond motifs is 1. The van der Waals surface area contributed by atoms with Crippen LogP contribution in [0.4, 0.5) is 0 Å². The number of esters is 1. The van der Waals surface area contributed by atoms with Crippen molar-refractivity contribution in [3.63, 3.8) is 0 Å². The van der Waals surface area contributed by atoms with E-state index >= 15 is 0 Å². The summed E-state index contributed by atoms with van der Waals surface area (Å²) in [6.07, 6.45) is 4.29. The highest BCUT2D eigenvalue weighted by molar-refractivity contribution is 5.86. The molecule has 3 atom stereocenters. The Morgan fingerprint density at radius 1 is 1.64 bits per heavy atom. The maximum absolute atomic E-state index is 11.6. The summed E-state index contributed by atoms with van der Waals surface area (Å²) in [5, 5.41) is 0. The normalized spacial score (nSPS) is 34.9. The highest BCUT2D eigenvalue weighted by Crippen LogP contribution is 2.44. The van der Waals surface area contributed by atoms with E-state index in [9.17, 15) is 9.59 Å². The van der Waals surface area contributed by atoms with Crippen molar-refractivity contribution in [3.05, 3.63) is 12.3 Å². The molecule has 1 aliphatic heterocycles. The van der Waals surface area contributed by atoms with Gasteiger partial charge in [0.25, 0.3) is 0 Å². The minimum Gasteiger partial charge on any atom is -0.469 e. The lowest BCUT2D eigenvalue weighted by atomic mass is 9.63. The van der Waals surface area contributed by atoms with Crippen LogP contribution in [0.25, 0.3) is 0 Å². The molecular formula is C10H13NO3. The number of hydrogen-bond donors (Lipinski definition) is 0. The first-order chi connectivity index (χ1) is 6.65. The highest BCUT2D eigenvalue weighted by atomic mass is 16.5. The monoisotopic (exact) mass is 195 g/mol. The van der Waals surface area contributed by atoms with Crippen molar-refractivity contribution in [1.82, 2.24) is 4.90 Å². The number of methoxy groups -OCH3 is 1. The second-order valence-corrected chi connectivity index (χ2v) is 3.84. The molecule has 1 saturated carbocycles. The number of ether oxygens (including phenoxy) is 1. The molecular weight excluding hydrogens is 182 g/mol. The summed E-state index contributed by atoms with van der Waals surface area (Å²) in [5.74, 6) is -0.148. The first-order valence-corrected chi connectivity index (χ1v) is 4.68. The van der Waals surface area contributed by atoms with Crippen molar-refractivity contribution in [2.75, 3.05) is 14.2 Å². The zero-order chi connectivity index (χ0) is 10.3. The lowest BCUT2D eigenvalue weighted by Crippen LogP contribution is -2.50. The summed E-state index contributed by atoms with van der Waals surface area (Å²) in [4.78, 5) is 24.4. The van der Waals surface area contributed by atoms with Gasteiger partial charge in [0.15, 0.2) is 0 Å². The van der Waals surface area contributed by atoms with E-state index in [2.05, 4.69) is 4.74 Å². The topological polar surface area (TPSA) is 46.6 Å². The van der Waals surface area contributed by atoms with Crippen molar-refractivity contribution in [2.45, 2.75) is 6.42 Å². The Kier molecular flexibility index (Phi) is 2.06. The van der Waals surface area contributed by atoms with Gasteiger partial charge in [-0.25, -0.2) is 0 Å². The second-order valence-electron chi connectivity index (χ2n) is 3.84. The molecule has 0 N–H and O–H groups in total. The van der Waals surface area contributed by atoms with Gasteiger partial charge in [-0.1, -0.05) is 6.08 Å². The van der Waals surface area contributed by atoms with Gasteiger partial charge in [-0.05, 0) is 6.42 Å². The Hall–Kier alpha value is -1.32. The summed E-state index contributed by atoms with van der Waals surface area (Å²) in [5.41, 5.74) is 0. The van der Waals surface area contributed by atoms with Gasteiger partial charge in [0, 0.05) is 25.1 Å². The smallest absolute Gasteiger partial charge is 0.309 e. The quantitative estimate of drug-likeness (QED) is 0.569. The van der Waals surface area contributed by atoms with E-state index in [4.69, 9.17) is 0 Å². The van der Waals surface area contributed by atoms with Crippen molar-refractivity contribution in [1.29, 1.82) is 0 Å². The molecule has 0 spiro atoms. The molecule has 1 fully saturated rings. The average Bonchev–Trinajstić information content (AvgIpc) is 2.13. The van der Waals surface area contributed by atoms with E-state index < -0.39 is 0 Å². The number of allylic oxidation sites excluding steroid dienone is 1. The molecule has 0 aromatic carbocycles. The zero-order valence-electron chi connectivity index (χ0n) is 8.27. The fourth-order valence-corrected chi connectivity index (χ4v) is 2.17. The molecule has 2 rings (SSSR count). The number of hydrogen-bond acceptors (Lipinski definition) is 3. The van der Waals surface area contributed by atoms with Gasteiger partial charge >= 0.3 is 5.97 Å². The van der Waals surface area contributed by atoms with E-state index in [1.54, 1.807) is 18.1 Å². The Morgan fingerprint density at radius 2 is 2.36 bits per heavy atom. The Labute approximate surface area is 82.5 Å². The minimum absolute atomic E-state index is 0.00546. The molecule has 1 amide bonds. The van der Waals surface area contributed by atoms with Crippen molar-refractivity contribution in [2.24, 2.45) is 17.8 Å². The molecule has 1 heterocycles. The van der Waals surface area contributed by atoms with Crippen LogP contribution in [-0.2, 0) is 14.3 Å². The molecule has 0 radical (unpaired) electrons. The standard InChI is InChI=1S/C10H13NO3/c1-11-4-3-6-7(9(11)12)5-8(6)10(13)14-2/h3-4,6-8H,5H2,1-2H3/t6-,7-,8+/m0/s1. The largest absolute Gasteiger partial charge is 0.469 e. The lowest BCUT2D eigenvalue weighted by Gasteiger charge is -2.44. The average molecular weight is 195 g/mol. The summed E-state index contributed by atoms with van der Waals surface area (Å²) in [6.45, 7) is 0. The first-order valence-electron chi connectivity index (χ1n) is 4.68. The van der Waals surface area contributed by atoms with Crippen LogP contribution in [0.1, 0.15) is 6.42 Å². The van der Waals surface area contributed by atoms with E-state index in [1.165, 1.54) is 7.11 Å². The first kappa shape index (κ1) is 9.24. The molecule has 0 unspecified atom stereocenters. The minimum atomic E-state index is -0.201. The van der Waals surface area contributed by atoms with Gasteiger partial charge in [0.2, 0.25) is 5.91 Å². The third kappa shape index (κ3) is 1.14. The van der Waals surface area contributed by atoms with E-state index in [1.807, 2.05) is 6.08 Å². The molecule has 1 aliphatic carbocycles. The summed E-state index contributed by atoms with van der Waals surface area (Å²) >= 11 is 0. The Morgan fingerprint density at radius 3 is 3.00 bits per heavy atom. The van der Waals surface area contributed by atoms with Crippen molar-refractivity contribution < 1.29 is 14.3 Å². The van der Waals surface area contributed by atoms with Crippen LogP contribution in [0.5, 0.6) is 0 Å². The molecule has 76 valence electrons. The van der Waals surface area contributed by atoms with Crippen molar-refractivity contribution >= 4 is 11.9 Å². The number of carbonyl (C=O) groups excluding carboxylic acids is 2. The van der Waals surface area contributed by atoms with Crippen molar-refractivity contribution in [3.8, 4) is 0 Å². The lowest BCUT2D eigenvalue weighted by molar-refractivity contribution is -0.158. The van der Waals surface area contributed by atoms with Gasteiger partial charge in [0.1, 0.15) is 0 Å². The predicted octanol–water partition coefficient (Wildman–Crippen LogP) is 0.397. The maximum Gasteiger partial charge on any atom is 0.309 e. The van der Waals surface area contributed by atoms with E-state index in [0.29, 0.717) is 6.42 Å². The summed E-state index contributed by atoms with van der Waals surface area (Å²) in [6, 6.07) is 0.